The van der Waals surface area contributed by atoms with Crippen LogP contribution in [0.4, 0.5) is 10.5 Å². The highest BCUT2D eigenvalue weighted by Gasteiger charge is 2.31. The Hall–Kier alpha value is -2.25. The van der Waals surface area contributed by atoms with Gasteiger partial charge >= 0.3 is 6.03 Å². The molecule has 0 radical (unpaired) electrons. The minimum atomic E-state index is -0.505. The van der Waals surface area contributed by atoms with Gasteiger partial charge in [-0.05, 0) is 55.1 Å². The Bertz CT molecular complexity index is 863. The van der Waals surface area contributed by atoms with Crippen molar-refractivity contribution >= 4 is 45.3 Å². The van der Waals surface area contributed by atoms with E-state index in [0.717, 1.165) is 14.9 Å². The number of halogens is 1. The molecule has 2 aromatic carbocycles. The summed E-state index contributed by atoms with van der Waals surface area (Å²) in [4.78, 5) is 26.0. The zero-order valence-corrected chi connectivity index (χ0v) is 16.7. The Morgan fingerprint density at radius 1 is 1.12 bits per heavy atom. The number of hydrogen-bond donors (Lipinski definition) is 3. The van der Waals surface area contributed by atoms with Crippen LogP contribution < -0.4 is 16.0 Å². The molecule has 0 fully saturated rings. The summed E-state index contributed by atoms with van der Waals surface area (Å²) in [6.45, 7) is 1.73. The maximum absolute atomic E-state index is 12.9. The summed E-state index contributed by atoms with van der Waals surface area (Å²) in [6, 6.07) is 14.3. The molecule has 7 heteroatoms. The summed E-state index contributed by atoms with van der Waals surface area (Å²) in [5.74, 6) is -0.253. The van der Waals surface area contributed by atoms with Gasteiger partial charge in [-0.2, -0.15) is 0 Å². The van der Waals surface area contributed by atoms with Crippen LogP contribution in [0.15, 0.2) is 69.2 Å². The molecule has 1 heterocycles. The average Bonchev–Trinajstić information content (AvgIpc) is 2.63. The van der Waals surface area contributed by atoms with Crippen molar-refractivity contribution in [3.8, 4) is 0 Å². The number of rotatable bonds is 4. The number of anilines is 1. The van der Waals surface area contributed by atoms with Gasteiger partial charge in [0.25, 0.3) is 5.91 Å². The van der Waals surface area contributed by atoms with E-state index in [2.05, 4.69) is 31.9 Å². The van der Waals surface area contributed by atoms with Crippen molar-refractivity contribution in [2.45, 2.75) is 17.9 Å². The van der Waals surface area contributed by atoms with Crippen LogP contribution in [0.3, 0.4) is 0 Å². The lowest BCUT2D eigenvalue weighted by Crippen LogP contribution is -2.45. The molecule has 1 aliphatic heterocycles. The monoisotopic (exact) mass is 431 g/mol. The van der Waals surface area contributed by atoms with E-state index in [0.29, 0.717) is 17.0 Å². The highest BCUT2D eigenvalue weighted by Crippen LogP contribution is 2.29. The van der Waals surface area contributed by atoms with Gasteiger partial charge in [0.05, 0.1) is 11.6 Å². The number of carbonyl (C=O) groups is 2. The number of urea groups is 1. The van der Waals surface area contributed by atoms with E-state index >= 15 is 0 Å². The van der Waals surface area contributed by atoms with Crippen LogP contribution in [0, 0.1) is 0 Å². The predicted octanol–water partition coefficient (Wildman–Crippen LogP) is 4.44. The van der Waals surface area contributed by atoms with Gasteiger partial charge in [-0.1, -0.05) is 28.1 Å². The third-order valence-electron chi connectivity index (χ3n) is 4.06. The van der Waals surface area contributed by atoms with Crippen LogP contribution >= 0.6 is 27.7 Å². The SMILES string of the molecule is CSc1ccc([C@@H]2NC(=O)NC(C)=C2C(=O)Nc2ccc(Br)cc2)cc1. The lowest BCUT2D eigenvalue weighted by atomic mass is 9.95. The molecule has 0 aromatic heterocycles. The van der Waals surface area contributed by atoms with Gasteiger partial charge in [0.2, 0.25) is 0 Å². The van der Waals surface area contributed by atoms with E-state index in [1.807, 2.05) is 54.8 Å². The van der Waals surface area contributed by atoms with Gasteiger partial charge in [-0.15, -0.1) is 11.8 Å². The van der Waals surface area contributed by atoms with Crippen LogP contribution in [-0.2, 0) is 4.79 Å². The Morgan fingerprint density at radius 3 is 2.38 bits per heavy atom. The van der Waals surface area contributed by atoms with E-state index in [1.165, 1.54) is 0 Å². The minimum Gasteiger partial charge on any atom is -0.327 e. The molecule has 5 nitrogen and oxygen atoms in total. The minimum absolute atomic E-state index is 0.253. The van der Waals surface area contributed by atoms with Crippen LogP contribution in [0.25, 0.3) is 0 Å². The Balaban J connectivity index is 1.91. The molecular weight excluding hydrogens is 414 g/mol. The first-order chi connectivity index (χ1) is 12.5. The Kier molecular flexibility index (Phi) is 5.68. The first kappa shape index (κ1) is 18.5. The molecule has 3 amide bonds. The second-order valence-corrected chi connectivity index (χ2v) is 7.60. The number of amides is 3. The molecule has 0 aliphatic carbocycles. The fourth-order valence-corrected chi connectivity index (χ4v) is 3.45. The molecule has 26 heavy (non-hydrogen) atoms. The molecule has 3 N–H and O–H groups in total. The van der Waals surface area contributed by atoms with E-state index in [-0.39, 0.29) is 11.9 Å². The molecule has 134 valence electrons. The van der Waals surface area contributed by atoms with E-state index in [9.17, 15) is 9.59 Å². The van der Waals surface area contributed by atoms with Gasteiger partial charge in [-0.25, -0.2) is 4.79 Å². The molecule has 1 atom stereocenters. The molecule has 0 spiro atoms. The summed E-state index contributed by atoms with van der Waals surface area (Å²) in [5, 5.41) is 8.42. The first-order valence-corrected chi connectivity index (χ1v) is 9.99. The molecule has 0 unspecified atom stereocenters. The smallest absolute Gasteiger partial charge is 0.319 e. The van der Waals surface area contributed by atoms with Crippen molar-refractivity contribution in [2.24, 2.45) is 0 Å². The largest absolute Gasteiger partial charge is 0.327 e. The van der Waals surface area contributed by atoms with Gasteiger partial charge in [0, 0.05) is 20.8 Å². The number of benzene rings is 2. The molecule has 0 bridgehead atoms. The first-order valence-electron chi connectivity index (χ1n) is 7.97. The van der Waals surface area contributed by atoms with Crippen molar-refractivity contribution in [1.29, 1.82) is 0 Å². The summed E-state index contributed by atoms with van der Waals surface area (Å²) in [5.41, 5.74) is 2.58. The normalized spacial score (nSPS) is 16.7. The molecule has 3 rings (SSSR count). The fraction of sp³-hybridized carbons (Fsp3) is 0.158. The second-order valence-electron chi connectivity index (χ2n) is 5.80. The zero-order valence-electron chi connectivity index (χ0n) is 14.3. The lowest BCUT2D eigenvalue weighted by Gasteiger charge is -2.28. The highest BCUT2D eigenvalue weighted by molar-refractivity contribution is 9.10. The van der Waals surface area contributed by atoms with Crippen LogP contribution in [0.5, 0.6) is 0 Å². The predicted molar refractivity (Wildman–Crippen MR) is 108 cm³/mol. The molecule has 0 saturated carbocycles. The quantitative estimate of drug-likeness (QED) is 0.626. The van der Waals surface area contributed by atoms with Crippen LogP contribution in [0.2, 0.25) is 0 Å². The second kappa shape index (κ2) is 7.97. The molecule has 0 saturated heterocycles. The third-order valence-corrected chi connectivity index (χ3v) is 5.34. The molecule has 1 aliphatic rings. The lowest BCUT2D eigenvalue weighted by molar-refractivity contribution is -0.113. The van der Waals surface area contributed by atoms with E-state index < -0.39 is 6.04 Å². The van der Waals surface area contributed by atoms with Gasteiger partial charge in [0.1, 0.15) is 0 Å². The maximum Gasteiger partial charge on any atom is 0.319 e. The van der Waals surface area contributed by atoms with Crippen LogP contribution in [0.1, 0.15) is 18.5 Å². The topological polar surface area (TPSA) is 70.2 Å². The van der Waals surface area contributed by atoms with Crippen molar-refractivity contribution in [3.63, 3.8) is 0 Å². The van der Waals surface area contributed by atoms with Crippen molar-refractivity contribution < 1.29 is 9.59 Å². The third kappa shape index (κ3) is 4.11. The fourth-order valence-electron chi connectivity index (χ4n) is 2.77. The number of carbonyl (C=O) groups excluding carboxylic acids is 2. The van der Waals surface area contributed by atoms with Crippen LogP contribution in [-0.4, -0.2) is 18.2 Å². The molecule has 2 aromatic rings. The summed E-state index contributed by atoms with van der Waals surface area (Å²) in [6.07, 6.45) is 2.00. The Labute approximate surface area is 164 Å². The van der Waals surface area contributed by atoms with Crippen molar-refractivity contribution in [1.82, 2.24) is 10.6 Å². The van der Waals surface area contributed by atoms with Gasteiger partial charge in [-0.3, -0.25) is 4.79 Å². The van der Waals surface area contributed by atoms with Crippen molar-refractivity contribution in [2.75, 3.05) is 11.6 Å². The summed E-state index contributed by atoms with van der Waals surface area (Å²) >= 11 is 5.02. The summed E-state index contributed by atoms with van der Waals surface area (Å²) in [7, 11) is 0. The molecular formula is C19H18BrN3O2S. The number of allylic oxidation sites excluding steroid dienone is 1. The Morgan fingerprint density at radius 2 is 1.77 bits per heavy atom. The van der Waals surface area contributed by atoms with E-state index in [1.54, 1.807) is 18.7 Å². The standard InChI is InChI=1S/C19H18BrN3O2S/c1-11-16(18(24)22-14-7-5-13(20)6-8-14)17(23-19(25)21-11)12-3-9-15(26-2)10-4-12/h3-10,17H,1-2H3,(H,22,24)(H2,21,23,25)/t17-/m0/s1. The maximum atomic E-state index is 12.9. The number of hydrogen-bond acceptors (Lipinski definition) is 3. The number of thioether (sulfide) groups is 1. The van der Waals surface area contributed by atoms with E-state index in [4.69, 9.17) is 0 Å². The zero-order chi connectivity index (χ0) is 18.7. The van der Waals surface area contributed by atoms with Gasteiger partial charge < -0.3 is 16.0 Å². The summed E-state index contributed by atoms with van der Waals surface area (Å²) < 4.78 is 0.934. The number of nitrogens with one attached hydrogen (secondary N) is 3. The van der Waals surface area contributed by atoms with Gasteiger partial charge in [0.15, 0.2) is 0 Å². The van der Waals surface area contributed by atoms with Crippen molar-refractivity contribution in [3.05, 3.63) is 69.8 Å². The highest BCUT2D eigenvalue weighted by atomic mass is 79.9. The average molecular weight is 432 g/mol.